The summed E-state index contributed by atoms with van der Waals surface area (Å²) in [7, 11) is 0. The molecule has 5 unspecified atom stereocenters. The Morgan fingerprint density at radius 1 is 1.00 bits per heavy atom. The first kappa shape index (κ1) is 14.4. The predicted molar refractivity (Wildman–Crippen MR) is 81.1 cm³/mol. The van der Waals surface area contributed by atoms with E-state index in [2.05, 4.69) is 11.8 Å². The Morgan fingerprint density at radius 3 is 2.55 bits per heavy atom. The van der Waals surface area contributed by atoms with Crippen molar-refractivity contribution in [3.63, 3.8) is 0 Å². The molecule has 0 bridgehead atoms. The Morgan fingerprint density at radius 2 is 1.75 bits per heavy atom. The SMILES string of the molecule is CC1C(N)CCCC1C(=O)N1CCC2CCCCC2C1. The average Bonchev–Trinajstić information content (AvgIpc) is 2.49. The lowest BCUT2D eigenvalue weighted by Crippen LogP contribution is -2.50. The van der Waals surface area contributed by atoms with E-state index in [9.17, 15) is 4.79 Å². The average molecular weight is 278 g/mol. The first-order chi connectivity index (χ1) is 9.66. The normalized spacial score (nSPS) is 42.1. The number of piperidine rings is 1. The number of fused-ring (bicyclic) bond motifs is 1. The van der Waals surface area contributed by atoms with Crippen molar-refractivity contribution in [2.45, 2.75) is 64.3 Å². The first-order valence-electron chi connectivity index (χ1n) is 8.71. The molecule has 0 aromatic carbocycles. The standard InChI is InChI=1S/C17H30N2O/c1-12-15(7-4-8-16(12)18)17(20)19-10-9-13-5-2-3-6-14(13)11-19/h12-16H,2-11,18H2,1H3. The van der Waals surface area contributed by atoms with E-state index in [0.717, 1.165) is 44.2 Å². The van der Waals surface area contributed by atoms with Crippen LogP contribution in [0.25, 0.3) is 0 Å². The van der Waals surface area contributed by atoms with Crippen molar-refractivity contribution in [3.8, 4) is 0 Å². The number of amides is 1. The molecule has 3 nitrogen and oxygen atoms in total. The van der Waals surface area contributed by atoms with Crippen LogP contribution in [0.2, 0.25) is 0 Å². The molecule has 2 N–H and O–H groups in total. The summed E-state index contributed by atoms with van der Waals surface area (Å²) in [5.74, 6) is 2.66. The van der Waals surface area contributed by atoms with E-state index >= 15 is 0 Å². The summed E-state index contributed by atoms with van der Waals surface area (Å²) < 4.78 is 0. The summed E-state index contributed by atoms with van der Waals surface area (Å²) in [6.07, 6.45) is 10.0. The Kier molecular flexibility index (Phi) is 4.34. The molecule has 114 valence electrons. The molecule has 20 heavy (non-hydrogen) atoms. The molecule has 3 rings (SSSR count). The maximum atomic E-state index is 12.9. The Hall–Kier alpha value is -0.570. The van der Waals surface area contributed by atoms with Crippen LogP contribution in [0.4, 0.5) is 0 Å². The van der Waals surface area contributed by atoms with Gasteiger partial charge in [-0.2, -0.15) is 0 Å². The monoisotopic (exact) mass is 278 g/mol. The van der Waals surface area contributed by atoms with Gasteiger partial charge in [0, 0.05) is 25.0 Å². The molecule has 2 aliphatic carbocycles. The van der Waals surface area contributed by atoms with Crippen molar-refractivity contribution in [2.24, 2.45) is 29.4 Å². The van der Waals surface area contributed by atoms with E-state index in [0.29, 0.717) is 11.8 Å². The summed E-state index contributed by atoms with van der Waals surface area (Å²) in [5, 5.41) is 0. The Bertz CT molecular complexity index is 357. The van der Waals surface area contributed by atoms with Crippen molar-refractivity contribution < 1.29 is 4.79 Å². The largest absolute Gasteiger partial charge is 0.342 e. The zero-order chi connectivity index (χ0) is 14.1. The molecule has 2 saturated carbocycles. The van der Waals surface area contributed by atoms with E-state index in [1.54, 1.807) is 0 Å². The number of nitrogens with two attached hydrogens (primary N) is 1. The van der Waals surface area contributed by atoms with Gasteiger partial charge in [0.15, 0.2) is 0 Å². The molecule has 0 radical (unpaired) electrons. The highest BCUT2D eigenvalue weighted by atomic mass is 16.2. The van der Waals surface area contributed by atoms with Crippen molar-refractivity contribution >= 4 is 5.91 Å². The smallest absolute Gasteiger partial charge is 0.226 e. The van der Waals surface area contributed by atoms with Crippen LogP contribution in [0, 0.1) is 23.7 Å². The highest BCUT2D eigenvalue weighted by Crippen LogP contribution is 2.38. The van der Waals surface area contributed by atoms with Gasteiger partial charge in [0.2, 0.25) is 5.91 Å². The molecular weight excluding hydrogens is 248 g/mol. The number of likely N-dealkylation sites (tertiary alicyclic amines) is 1. The molecule has 1 saturated heterocycles. The van der Waals surface area contributed by atoms with Crippen LogP contribution < -0.4 is 5.73 Å². The third-order valence-corrected chi connectivity index (χ3v) is 6.28. The zero-order valence-corrected chi connectivity index (χ0v) is 12.9. The fourth-order valence-corrected chi connectivity index (χ4v) is 4.78. The van der Waals surface area contributed by atoms with E-state index in [1.807, 2.05) is 0 Å². The van der Waals surface area contributed by atoms with Crippen LogP contribution in [0.3, 0.4) is 0 Å². The van der Waals surface area contributed by atoms with E-state index < -0.39 is 0 Å². The second-order valence-electron chi connectivity index (χ2n) is 7.44. The van der Waals surface area contributed by atoms with Gasteiger partial charge in [0.05, 0.1) is 0 Å². The molecule has 0 aromatic heterocycles. The second kappa shape index (κ2) is 6.05. The Labute approximate surface area is 123 Å². The number of rotatable bonds is 1. The van der Waals surface area contributed by atoms with Crippen LogP contribution in [-0.2, 0) is 4.79 Å². The topological polar surface area (TPSA) is 46.3 Å². The van der Waals surface area contributed by atoms with Gasteiger partial charge < -0.3 is 10.6 Å². The van der Waals surface area contributed by atoms with Crippen molar-refractivity contribution in [3.05, 3.63) is 0 Å². The van der Waals surface area contributed by atoms with Crippen LogP contribution in [0.1, 0.15) is 58.3 Å². The molecular formula is C17H30N2O. The quantitative estimate of drug-likeness (QED) is 0.801. The second-order valence-corrected chi connectivity index (χ2v) is 7.44. The molecule has 1 aliphatic heterocycles. The van der Waals surface area contributed by atoms with Crippen LogP contribution in [0.5, 0.6) is 0 Å². The van der Waals surface area contributed by atoms with Gasteiger partial charge in [-0.3, -0.25) is 4.79 Å². The maximum Gasteiger partial charge on any atom is 0.226 e. The summed E-state index contributed by atoms with van der Waals surface area (Å²) in [6, 6.07) is 0.227. The van der Waals surface area contributed by atoms with Gasteiger partial charge in [-0.05, 0) is 43.4 Å². The summed E-state index contributed by atoms with van der Waals surface area (Å²) in [6.45, 7) is 4.21. The molecule has 1 heterocycles. The van der Waals surface area contributed by atoms with Crippen molar-refractivity contribution in [1.29, 1.82) is 0 Å². The lowest BCUT2D eigenvalue weighted by atomic mass is 9.73. The highest BCUT2D eigenvalue weighted by Gasteiger charge is 2.38. The van der Waals surface area contributed by atoms with Gasteiger partial charge in [-0.25, -0.2) is 0 Å². The third kappa shape index (κ3) is 2.74. The Balaban J connectivity index is 1.62. The zero-order valence-electron chi connectivity index (χ0n) is 12.9. The lowest BCUT2D eigenvalue weighted by Gasteiger charge is -2.44. The minimum Gasteiger partial charge on any atom is -0.342 e. The molecule has 0 spiro atoms. The van der Waals surface area contributed by atoms with Crippen LogP contribution in [-0.4, -0.2) is 29.9 Å². The van der Waals surface area contributed by atoms with Gasteiger partial charge in [0.1, 0.15) is 0 Å². The predicted octanol–water partition coefficient (Wildman–Crippen LogP) is 2.79. The summed E-state index contributed by atoms with van der Waals surface area (Å²) in [5.41, 5.74) is 6.17. The van der Waals surface area contributed by atoms with E-state index in [4.69, 9.17) is 5.73 Å². The number of hydrogen-bond donors (Lipinski definition) is 1. The number of carbonyl (C=O) groups excluding carboxylic acids is 1. The fourth-order valence-electron chi connectivity index (χ4n) is 4.78. The molecule has 0 aromatic rings. The number of carbonyl (C=O) groups is 1. The molecule has 3 fully saturated rings. The number of hydrogen-bond acceptors (Lipinski definition) is 2. The highest BCUT2D eigenvalue weighted by molar-refractivity contribution is 5.79. The summed E-state index contributed by atoms with van der Waals surface area (Å²) in [4.78, 5) is 15.0. The maximum absolute atomic E-state index is 12.9. The van der Waals surface area contributed by atoms with Crippen molar-refractivity contribution in [2.75, 3.05) is 13.1 Å². The molecule has 3 aliphatic rings. The third-order valence-electron chi connectivity index (χ3n) is 6.28. The fraction of sp³-hybridized carbons (Fsp3) is 0.941. The van der Waals surface area contributed by atoms with E-state index in [-0.39, 0.29) is 12.0 Å². The first-order valence-corrected chi connectivity index (χ1v) is 8.71. The van der Waals surface area contributed by atoms with Gasteiger partial charge >= 0.3 is 0 Å². The van der Waals surface area contributed by atoms with Crippen LogP contribution >= 0.6 is 0 Å². The lowest BCUT2D eigenvalue weighted by molar-refractivity contribution is -0.141. The van der Waals surface area contributed by atoms with Gasteiger partial charge in [-0.15, -0.1) is 0 Å². The summed E-state index contributed by atoms with van der Waals surface area (Å²) >= 11 is 0. The number of nitrogens with zero attached hydrogens (tertiary/aromatic N) is 1. The molecule has 5 atom stereocenters. The molecule has 3 heteroatoms. The minimum atomic E-state index is 0.193. The van der Waals surface area contributed by atoms with Crippen LogP contribution in [0.15, 0.2) is 0 Å². The molecule has 1 amide bonds. The van der Waals surface area contributed by atoms with E-state index in [1.165, 1.54) is 32.1 Å². The van der Waals surface area contributed by atoms with Gasteiger partial charge in [0.25, 0.3) is 0 Å². The van der Waals surface area contributed by atoms with Gasteiger partial charge in [-0.1, -0.05) is 32.6 Å². The minimum absolute atomic E-state index is 0.193. The van der Waals surface area contributed by atoms with Crippen molar-refractivity contribution in [1.82, 2.24) is 4.90 Å².